The minimum Gasteiger partial charge on any atom is -0.507 e. The molecule has 2 aromatic carbocycles. The van der Waals surface area contributed by atoms with E-state index in [4.69, 9.17) is 21.1 Å². The Balaban J connectivity index is 1.84. The van der Waals surface area contributed by atoms with Gasteiger partial charge in [0.15, 0.2) is 5.13 Å². The van der Waals surface area contributed by atoms with Crippen LogP contribution in [0.4, 0.5) is 5.13 Å². The molecule has 1 N–H and O–H groups in total. The highest BCUT2D eigenvalue weighted by molar-refractivity contribution is 7.17. The number of anilines is 1. The number of Topliss-reactive ketones (excluding diaryl/α,β-unsaturated/α-hetero) is 1. The van der Waals surface area contributed by atoms with E-state index < -0.39 is 23.7 Å². The first-order valence-electron chi connectivity index (χ1n) is 12.0. The third-order valence-corrected chi connectivity index (χ3v) is 7.58. The summed E-state index contributed by atoms with van der Waals surface area (Å²) in [4.78, 5) is 44.8. The second-order valence-corrected chi connectivity index (χ2v) is 10.2. The zero-order valence-electron chi connectivity index (χ0n) is 21.4. The third kappa shape index (κ3) is 5.16. The lowest BCUT2D eigenvalue weighted by Gasteiger charge is -2.23. The molecule has 0 bridgehead atoms. The third-order valence-electron chi connectivity index (χ3n) is 6.20. The van der Waals surface area contributed by atoms with E-state index in [9.17, 15) is 19.5 Å². The lowest BCUT2D eigenvalue weighted by molar-refractivity contribution is -0.132. The van der Waals surface area contributed by atoms with Gasteiger partial charge < -0.3 is 14.6 Å². The monoisotopic (exact) mass is 554 g/mol. The Labute approximate surface area is 229 Å². The van der Waals surface area contributed by atoms with Gasteiger partial charge in [-0.15, -0.1) is 0 Å². The number of ketones is 1. The quantitative estimate of drug-likeness (QED) is 0.119. The standard InChI is InChI=1S/C28H27ClN2O6S/c1-5-6-13-37-20-12-9-18(14-15(20)2)23(32)21-22(17-7-10-19(29)11-8-17)31(26(34)24(21)33)28-30-16(3)25(38-28)27(35)36-4/h7-12,14,22,32H,5-6,13H2,1-4H3/b23-21+. The number of carbonyl (C=O) groups excluding carboxylic acids is 3. The molecule has 1 unspecified atom stereocenters. The topological polar surface area (TPSA) is 106 Å². The predicted molar refractivity (Wildman–Crippen MR) is 146 cm³/mol. The molecular formula is C28H27ClN2O6S. The fourth-order valence-corrected chi connectivity index (χ4v) is 5.34. The Morgan fingerprint density at radius 3 is 2.50 bits per heavy atom. The Morgan fingerprint density at radius 1 is 1.16 bits per heavy atom. The van der Waals surface area contributed by atoms with E-state index in [2.05, 4.69) is 11.9 Å². The minimum absolute atomic E-state index is 0.0937. The number of amides is 1. The normalized spacial score (nSPS) is 16.7. The van der Waals surface area contributed by atoms with Crippen LogP contribution in [-0.4, -0.2) is 41.5 Å². The smallest absolute Gasteiger partial charge is 0.350 e. The van der Waals surface area contributed by atoms with E-state index in [0.717, 1.165) is 29.7 Å². The van der Waals surface area contributed by atoms with Crippen LogP contribution in [0.1, 0.15) is 57.9 Å². The number of carbonyl (C=O) groups is 3. The molecule has 1 aromatic heterocycles. The number of aliphatic hydroxyl groups is 1. The fraction of sp³-hybridized carbons (Fsp3) is 0.286. The molecule has 10 heteroatoms. The molecule has 1 aliphatic heterocycles. The Kier molecular flexibility index (Phi) is 8.18. The van der Waals surface area contributed by atoms with Crippen LogP contribution in [0.2, 0.25) is 5.02 Å². The molecular weight excluding hydrogens is 528 g/mol. The van der Waals surface area contributed by atoms with Crippen LogP contribution < -0.4 is 9.64 Å². The molecule has 8 nitrogen and oxygen atoms in total. The molecule has 4 rings (SSSR count). The zero-order valence-corrected chi connectivity index (χ0v) is 23.0. The van der Waals surface area contributed by atoms with Gasteiger partial charge in [0, 0.05) is 10.6 Å². The van der Waals surface area contributed by atoms with Gasteiger partial charge in [-0.05, 0) is 61.7 Å². The number of benzene rings is 2. The molecule has 1 saturated heterocycles. The summed E-state index contributed by atoms with van der Waals surface area (Å²) in [6.07, 6.45) is 1.92. The predicted octanol–water partition coefficient (Wildman–Crippen LogP) is 6.01. The fourth-order valence-electron chi connectivity index (χ4n) is 4.20. The van der Waals surface area contributed by atoms with Gasteiger partial charge in [0.1, 0.15) is 16.4 Å². The molecule has 1 atom stereocenters. The molecule has 1 fully saturated rings. The summed E-state index contributed by atoms with van der Waals surface area (Å²) in [5, 5.41) is 12.0. The summed E-state index contributed by atoms with van der Waals surface area (Å²) in [6, 6.07) is 10.7. The molecule has 0 saturated carbocycles. The number of unbranched alkanes of at least 4 members (excludes halogenated alkanes) is 1. The van der Waals surface area contributed by atoms with E-state index in [1.807, 2.05) is 6.92 Å². The maximum Gasteiger partial charge on any atom is 0.350 e. The Bertz CT molecular complexity index is 1430. The molecule has 2 heterocycles. The highest BCUT2D eigenvalue weighted by atomic mass is 35.5. The lowest BCUT2D eigenvalue weighted by Crippen LogP contribution is -2.29. The molecule has 0 spiro atoms. The van der Waals surface area contributed by atoms with Gasteiger partial charge in [0.25, 0.3) is 5.78 Å². The van der Waals surface area contributed by atoms with E-state index >= 15 is 0 Å². The number of thiazole rings is 1. The number of hydrogen-bond acceptors (Lipinski definition) is 8. The van der Waals surface area contributed by atoms with Crippen LogP contribution in [0.25, 0.3) is 5.76 Å². The molecule has 38 heavy (non-hydrogen) atoms. The van der Waals surface area contributed by atoms with Crippen molar-refractivity contribution in [3.05, 3.63) is 80.3 Å². The van der Waals surface area contributed by atoms with Crippen LogP contribution >= 0.6 is 22.9 Å². The highest BCUT2D eigenvalue weighted by Crippen LogP contribution is 2.44. The molecule has 0 radical (unpaired) electrons. The van der Waals surface area contributed by atoms with E-state index in [1.165, 1.54) is 12.0 Å². The second kappa shape index (κ2) is 11.4. The number of halogens is 1. The number of aryl methyl sites for hydroxylation is 2. The van der Waals surface area contributed by atoms with Crippen molar-refractivity contribution >= 4 is 51.5 Å². The van der Waals surface area contributed by atoms with Crippen molar-refractivity contribution in [3.63, 3.8) is 0 Å². The number of nitrogens with zero attached hydrogens (tertiary/aromatic N) is 2. The number of esters is 1. The zero-order chi connectivity index (χ0) is 27.6. The van der Waals surface area contributed by atoms with Gasteiger partial charge in [-0.1, -0.05) is 48.4 Å². The largest absolute Gasteiger partial charge is 0.507 e. The number of aromatic nitrogens is 1. The maximum absolute atomic E-state index is 13.4. The van der Waals surface area contributed by atoms with Crippen molar-refractivity contribution in [2.75, 3.05) is 18.6 Å². The molecule has 198 valence electrons. The van der Waals surface area contributed by atoms with Gasteiger partial charge in [-0.3, -0.25) is 14.5 Å². The Morgan fingerprint density at radius 2 is 1.87 bits per heavy atom. The summed E-state index contributed by atoms with van der Waals surface area (Å²) in [5.74, 6) is -1.97. The van der Waals surface area contributed by atoms with Gasteiger partial charge in [0.2, 0.25) is 0 Å². The lowest BCUT2D eigenvalue weighted by atomic mass is 9.95. The maximum atomic E-state index is 13.4. The van der Waals surface area contributed by atoms with E-state index in [0.29, 0.717) is 34.2 Å². The van der Waals surface area contributed by atoms with Crippen molar-refractivity contribution in [2.45, 2.75) is 39.7 Å². The van der Waals surface area contributed by atoms with Crippen molar-refractivity contribution in [3.8, 4) is 5.75 Å². The van der Waals surface area contributed by atoms with Crippen LogP contribution in [0.5, 0.6) is 5.75 Å². The average Bonchev–Trinajstić information content (AvgIpc) is 3.41. The molecule has 1 aliphatic rings. The van der Waals surface area contributed by atoms with Crippen molar-refractivity contribution in [2.24, 2.45) is 0 Å². The van der Waals surface area contributed by atoms with E-state index in [1.54, 1.807) is 49.4 Å². The highest BCUT2D eigenvalue weighted by Gasteiger charge is 2.48. The summed E-state index contributed by atoms with van der Waals surface area (Å²) in [5.41, 5.74) is 1.96. The minimum atomic E-state index is -0.996. The summed E-state index contributed by atoms with van der Waals surface area (Å²) >= 11 is 7.03. The first-order valence-corrected chi connectivity index (χ1v) is 13.2. The second-order valence-electron chi connectivity index (χ2n) is 8.81. The van der Waals surface area contributed by atoms with Crippen LogP contribution in [0.3, 0.4) is 0 Å². The van der Waals surface area contributed by atoms with Crippen LogP contribution in [0, 0.1) is 13.8 Å². The summed E-state index contributed by atoms with van der Waals surface area (Å²) in [6.45, 7) is 6.12. The van der Waals surface area contributed by atoms with E-state index in [-0.39, 0.29) is 21.3 Å². The number of hydrogen-bond donors (Lipinski definition) is 1. The van der Waals surface area contributed by atoms with Gasteiger partial charge in [0.05, 0.1) is 31.0 Å². The van der Waals surface area contributed by atoms with Crippen molar-refractivity contribution in [1.82, 2.24) is 4.98 Å². The first-order chi connectivity index (χ1) is 18.2. The van der Waals surface area contributed by atoms with Crippen LogP contribution in [-0.2, 0) is 14.3 Å². The molecule has 0 aliphatic carbocycles. The van der Waals surface area contributed by atoms with Gasteiger partial charge >= 0.3 is 11.9 Å². The summed E-state index contributed by atoms with van der Waals surface area (Å²) in [7, 11) is 1.25. The average molecular weight is 555 g/mol. The Hall–Kier alpha value is -3.69. The number of ether oxygens (including phenoxy) is 2. The van der Waals surface area contributed by atoms with Gasteiger partial charge in [-0.2, -0.15) is 0 Å². The van der Waals surface area contributed by atoms with Gasteiger partial charge in [-0.25, -0.2) is 9.78 Å². The number of methoxy groups -OCH3 is 1. The number of rotatable bonds is 8. The first kappa shape index (κ1) is 27.3. The summed E-state index contributed by atoms with van der Waals surface area (Å²) < 4.78 is 10.6. The van der Waals surface area contributed by atoms with Crippen LogP contribution in [0.15, 0.2) is 48.0 Å². The van der Waals surface area contributed by atoms with Crippen molar-refractivity contribution in [1.29, 1.82) is 0 Å². The van der Waals surface area contributed by atoms with Crippen molar-refractivity contribution < 1.29 is 29.0 Å². The SMILES string of the molecule is CCCCOc1ccc(/C(O)=C2\C(=O)C(=O)N(c3nc(C)c(C(=O)OC)s3)C2c2ccc(Cl)cc2)cc1C. The molecule has 3 aromatic rings. The number of aliphatic hydroxyl groups excluding tert-OH is 1. The molecule has 1 amide bonds.